The van der Waals surface area contributed by atoms with Crippen molar-refractivity contribution in [3.63, 3.8) is 0 Å². The summed E-state index contributed by atoms with van der Waals surface area (Å²) in [5, 5.41) is 20.0. The molecule has 0 radical (unpaired) electrons. The van der Waals surface area contributed by atoms with Crippen molar-refractivity contribution in [2.75, 3.05) is 24.2 Å². The minimum Gasteiger partial charge on any atom is -0.388 e. The fourth-order valence-corrected chi connectivity index (χ4v) is 3.72. The number of hydrogen-bond donors (Lipinski definition) is 1. The van der Waals surface area contributed by atoms with Crippen molar-refractivity contribution in [3.8, 4) is 6.07 Å². The van der Waals surface area contributed by atoms with Gasteiger partial charge in [-0.2, -0.15) is 5.26 Å². The maximum atomic E-state index is 10.5. The Morgan fingerprint density at radius 1 is 1.40 bits per heavy atom. The van der Waals surface area contributed by atoms with Gasteiger partial charge in [-0.1, -0.05) is 25.8 Å². The lowest BCUT2D eigenvalue weighted by atomic mass is 10.0. The van der Waals surface area contributed by atoms with E-state index in [0.29, 0.717) is 6.54 Å². The van der Waals surface area contributed by atoms with Crippen molar-refractivity contribution in [2.45, 2.75) is 43.1 Å². The lowest BCUT2D eigenvalue weighted by Gasteiger charge is -2.30. The van der Waals surface area contributed by atoms with Gasteiger partial charge in [-0.3, -0.25) is 0 Å². The van der Waals surface area contributed by atoms with Crippen LogP contribution in [0.5, 0.6) is 0 Å². The molecule has 0 heterocycles. The van der Waals surface area contributed by atoms with Crippen LogP contribution in [0.3, 0.4) is 0 Å². The molecule has 0 aromatic heterocycles. The molecule has 0 atom stereocenters. The number of nitriles is 1. The third-order valence-corrected chi connectivity index (χ3v) is 4.83. The highest BCUT2D eigenvalue weighted by atomic mass is 32.2. The van der Waals surface area contributed by atoms with E-state index in [-0.39, 0.29) is 0 Å². The Balaban J connectivity index is 2.23. The number of benzene rings is 1. The molecule has 1 N–H and O–H groups in total. The Labute approximate surface area is 125 Å². The Bertz CT molecular complexity index is 504. The molecule has 3 nitrogen and oxygen atoms in total. The zero-order valence-electron chi connectivity index (χ0n) is 12.2. The summed E-state index contributed by atoms with van der Waals surface area (Å²) < 4.78 is 0. The molecule has 1 aromatic carbocycles. The van der Waals surface area contributed by atoms with E-state index in [1.165, 1.54) is 0 Å². The van der Waals surface area contributed by atoms with Gasteiger partial charge in [-0.05, 0) is 30.7 Å². The van der Waals surface area contributed by atoms with Crippen LogP contribution in [0.1, 0.15) is 38.2 Å². The van der Waals surface area contributed by atoms with E-state index in [1.807, 2.05) is 30.1 Å². The van der Waals surface area contributed by atoms with Gasteiger partial charge < -0.3 is 10.0 Å². The molecule has 1 aliphatic rings. The van der Waals surface area contributed by atoms with Crippen LogP contribution in [0.25, 0.3) is 0 Å². The maximum Gasteiger partial charge on any atom is 0.103 e. The van der Waals surface area contributed by atoms with Crippen LogP contribution in [0, 0.1) is 11.3 Å². The van der Waals surface area contributed by atoms with E-state index in [4.69, 9.17) is 0 Å². The summed E-state index contributed by atoms with van der Waals surface area (Å²) in [7, 11) is 1.97. The molecule has 0 saturated heterocycles. The average Bonchev–Trinajstić information content (AvgIpc) is 2.85. The summed E-state index contributed by atoms with van der Waals surface area (Å²) in [5.41, 5.74) is 1.06. The fourth-order valence-electron chi connectivity index (χ4n) is 2.94. The molecular weight excluding hydrogens is 268 g/mol. The first-order valence-corrected chi connectivity index (χ1v) is 8.17. The Kier molecular flexibility index (Phi) is 4.95. The van der Waals surface area contributed by atoms with E-state index in [2.05, 4.69) is 13.0 Å². The molecule has 1 fully saturated rings. The number of aliphatic hydroxyl groups is 1. The predicted molar refractivity (Wildman–Crippen MR) is 84.2 cm³/mol. The van der Waals surface area contributed by atoms with Crippen LogP contribution < -0.4 is 4.90 Å². The number of anilines is 1. The second-order valence-electron chi connectivity index (χ2n) is 5.48. The molecule has 0 bridgehead atoms. The standard InChI is InChI=1S/C16H22N2OS/c1-3-20-15-8-6-7-14(13(15)11-17)18(2)12-16(19)9-4-5-10-16/h6-8,19H,3-5,9-10,12H2,1-2H3. The first-order chi connectivity index (χ1) is 9.59. The summed E-state index contributed by atoms with van der Waals surface area (Å²) in [5.74, 6) is 0.950. The van der Waals surface area contributed by atoms with Crippen LogP contribution in [-0.2, 0) is 0 Å². The van der Waals surface area contributed by atoms with Gasteiger partial charge in [0.05, 0.1) is 16.9 Å². The Morgan fingerprint density at radius 3 is 2.70 bits per heavy atom. The molecule has 2 rings (SSSR count). The van der Waals surface area contributed by atoms with E-state index >= 15 is 0 Å². The molecule has 1 aliphatic carbocycles. The fraction of sp³-hybridized carbons (Fsp3) is 0.562. The number of rotatable bonds is 5. The van der Waals surface area contributed by atoms with Crippen LogP contribution in [0.2, 0.25) is 0 Å². The predicted octanol–water partition coefficient (Wildman–Crippen LogP) is 3.41. The molecule has 1 saturated carbocycles. The molecule has 0 amide bonds. The monoisotopic (exact) mass is 290 g/mol. The minimum atomic E-state index is -0.588. The Morgan fingerprint density at radius 2 is 2.10 bits per heavy atom. The molecule has 1 aromatic rings. The lowest BCUT2D eigenvalue weighted by molar-refractivity contribution is 0.0559. The van der Waals surface area contributed by atoms with Crippen LogP contribution >= 0.6 is 11.8 Å². The van der Waals surface area contributed by atoms with Crippen molar-refractivity contribution in [3.05, 3.63) is 23.8 Å². The molecule has 4 heteroatoms. The number of nitrogens with zero attached hydrogens (tertiary/aromatic N) is 2. The zero-order valence-corrected chi connectivity index (χ0v) is 13.0. The molecule has 0 aliphatic heterocycles. The van der Waals surface area contributed by atoms with Crippen LogP contribution in [0.4, 0.5) is 5.69 Å². The van der Waals surface area contributed by atoms with Crippen molar-refractivity contribution in [2.24, 2.45) is 0 Å². The average molecular weight is 290 g/mol. The summed E-state index contributed by atoms with van der Waals surface area (Å²) in [6, 6.07) is 8.28. The topological polar surface area (TPSA) is 47.3 Å². The number of hydrogen-bond acceptors (Lipinski definition) is 4. The number of thioether (sulfide) groups is 1. The molecule has 20 heavy (non-hydrogen) atoms. The van der Waals surface area contributed by atoms with Gasteiger partial charge >= 0.3 is 0 Å². The van der Waals surface area contributed by atoms with Gasteiger partial charge in [0, 0.05) is 18.5 Å². The largest absolute Gasteiger partial charge is 0.388 e. The smallest absolute Gasteiger partial charge is 0.103 e. The summed E-state index contributed by atoms with van der Waals surface area (Å²) in [4.78, 5) is 3.06. The summed E-state index contributed by atoms with van der Waals surface area (Å²) >= 11 is 1.69. The molecule has 108 valence electrons. The van der Waals surface area contributed by atoms with Crippen molar-refractivity contribution < 1.29 is 5.11 Å². The van der Waals surface area contributed by atoms with Gasteiger partial charge in [0.2, 0.25) is 0 Å². The van der Waals surface area contributed by atoms with Crippen molar-refractivity contribution >= 4 is 17.4 Å². The third kappa shape index (κ3) is 3.28. The van der Waals surface area contributed by atoms with Crippen LogP contribution in [-0.4, -0.2) is 30.1 Å². The number of likely N-dealkylation sites (N-methyl/N-ethyl adjacent to an activating group) is 1. The normalized spacial score (nSPS) is 16.9. The van der Waals surface area contributed by atoms with E-state index < -0.39 is 5.60 Å². The van der Waals surface area contributed by atoms with Gasteiger partial charge in [0.25, 0.3) is 0 Å². The van der Waals surface area contributed by atoms with Gasteiger partial charge in [-0.15, -0.1) is 11.8 Å². The van der Waals surface area contributed by atoms with E-state index in [0.717, 1.165) is 47.6 Å². The highest BCUT2D eigenvalue weighted by Gasteiger charge is 2.32. The third-order valence-electron chi connectivity index (χ3n) is 3.89. The highest BCUT2D eigenvalue weighted by Crippen LogP contribution is 2.34. The Hall–Kier alpha value is -1.18. The first-order valence-electron chi connectivity index (χ1n) is 7.19. The zero-order chi connectivity index (χ0) is 14.6. The molecule has 0 unspecified atom stereocenters. The lowest BCUT2D eigenvalue weighted by Crippen LogP contribution is -2.39. The highest BCUT2D eigenvalue weighted by molar-refractivity contribution is 7.99. The SMILES string of the molecule is CCSc1cccc(N(C)CC2(O)CCCC2)c1C#N. The van der Waals surface area contributed by atoms with Crippen molar-refractivity contribution in [1.29, 1.82) is 5.26 Å². The van der Waals surface area contributed by atoms with E-state index in [9.17, 15) is 10.4 Å². The second kappa shape index (κ2) is 6.51. The molecule has 0 spiro atoms. The van der Waals surface area contributed by atoms with Crippen LogP contribution in [0.15, 0.2) is 23.1 Å². The maximum absolute atomic E-state index is 10.5. The first kappa shape index (κ1) is 15.2. The summed E-state index contributed by atoms with van der Waals surface area (Å²) in [6.45, 7) is 2.69. The van der Waals surface area contributed by atoms with E-state index in [1.54, 1.807) is 11.8 Å². The quantitative estimate of drug-likeness (QED) is 0.844. The van der Waals surface area contributed by atoms with Gasteiger partial charge in [0.15, 0.2) is 0 Å². The second-order valence-corrected chi connectivity index (χ2v) is 6.79. The van der Waals surface area contributed by atoms with Gasteiger partial charge in [0.1, 0.15) is 6.07 Å². The molecular formula is C16H22N2OS. The minimum absolute atomic E-state index is 0.588. The van der Waals surface area contributed by atoms with Crippen molar-refractivity contribution in [1.82, 2.24) is 0 Å². The summed E-state index contributed by atoms with van der Waals surface area (Å²) in [6.07, 6.45) is 3.92. The van der Waals surface area contributed by atoms with Gasteiger partial charge in [-0.25, -0.2) is 0 Å².